The van der Waals surface area contributed by atoms with Crippen LogP contribution in [0, 0.1) is 0 Å². The molecule has 0 radical (unpaired) electrons. The van der Waals surface area contributed by atoms with Crippen LogP contribution in [0.25, 0.3) is 63.0 Å². The Morgan fingerprint density at radius 3 is 1.36 bits per heavy atom. The number of aliphatic imine (C=N–C) groups is 3. The van der Waals surface area contributed by atoms with Crippen LogP contribution in [0.2, 0.25) is 0 Å². The lowest BCUT2D eigenvalue weighted by atomic mass is 10.1. The highest BCUT2D eigenvalue weighted by atomic mass is 32.2. The lowest BCUT2D eigenvalue weighted by Gasteiger charge is -2.09. The van der Waals surface area contributed by atoms with Gasteiger partial charge in [-0.05, 0) is 102 Å². The van der Waals surface area contributed by atoms with Crippen LogP contribution in [0.5, 0.6) is 17.2 Å². The standard InChI is InChI=1S/C22H21N5O5S2.C16H12N2O2S2.C16H14N2OS2.CH4/c1-11(28)7-23-17(30)8-24-18(31)9-25-20(32)16-10-33-21(27-16)22-26-15-5-2-12-6-13(29)3-4-14(12)19(15)34-22;1-8(19)13-7-21-15(18-13)16-17-12-5-2-9-6-10(20)3-4-11(9)14(12)22-16;1-2-10-8-20-15(17-10)16-18-13-6-3-9-7-11(19)4-5-12(9)14(13)21-16;/h2-6,16,28-29H,1,7-10H2,(H,23,30)(H,24,31)(H,25,32);2-6,13,20H,7H2,1H3;3-7,10,19H,2,8H2,1H3;1H4. The van der Waals surface area contributed by atoms with Gasteiger partial charge < -0.3 is 36.4 Å². The third-order valence-electron chi connectivity index (χ3n) is 12.2. The first-order valence-corrected chi connectivity index (χ1v) is 29.4. The molecule has 9 aromatic rings. The van der Waals surface area contributed by atoms with Gasteiger partial charge in [0, 0.05) is 33.4 Å². The number of nitrogens with zero attached hydrogens (tertiary/aromatic N) is 6. The molecule has 3 aromatic heterocycles. The van der Waals surface area contributed by atoms with Gasteiger partial charge in [-0.1, -0.05) is 39.1 Å². The average molecular weight is 1160 g/mol. The minimum atomic E-state index is -0.646. The molecule has 17 nitrogen and oxygen atoms in total. The van der Waals surface area contributed by atoms with Crippen molar-refractivity contribution in [2.45, 2.75) is 45.8 Å². The lowest BCUT2D eigenvalue weighted by Crippen LogP contribution is -2.44. The second-order valence-corrected chi connectivity index (χ2v) is 23.8. The van der Waals surface area contributed by atoms with Crippen LogP contribution in [0.4, 0.5) is 0 Å². The summed E-state index contributed by atoms with van der Waals surface area (Å²) in [5, 5.41) is 56.5. The Balaban J connectivity index is 0.000000147. The number of thiazole rings is 3. The Morgan fingerprint density at radius 2 is 0.949 bits per heavy atom. The molecule has 0 saturated heterocycles. The number of ketones is 1. The largest absolute Gasteiger partial charge is 0.511 e. The molecule has 3 unspecified atom stereocenters. The number of aliphatic hydroxyl groups is 1. The van der Waals surface area contributed by atoms with Gasteiger partial charge in [0.05, 0.1) is 56.3 Å². The van der Waals surface area contributed by atoms with Gasteiger partial charge in [-0.2, -0.15) is 0 Å². The molecular formula is C55H51N9O8S6. The summed E-state index contributed by atoms with van der Waals surface area (Å²) in [7, 11) is 0. The van der Waals surface area contributed by atoms with Crippen molar-refractivity contribution in [2.24, 2.45) is 15.0 Å². The van der Waals surface area contributed by atoms with Crippen molar-refractivity contribution in [1.29, 1.82) is 0 Å². The van der Waals surface area contributed by atoms with E-state index in [4.69, 9.17) is 15.1 Å². The Hall–Kier alpha value is -7.15. The SMILES string of the molecule is C.C=C(O)CNC(=O)CNC(=O)CNC(=O)C1CSC(c2nc3ccc4cc(O)ccc4c3s2)=N1.CC(=O)C1CSC(c2nc3ccc4cc(O)ccc4c3s2)=N1.CCC1CSC(c2nc3ccc4cc(O)ccc4c3s2)=N1. The number of thioether (sulfide) groups is 3. The van der Waals surface area contributed by atoms with Crippen LogP contribution < -0.4 is 16.0 Å². The van der Waals surface area contributed by atoms with Crippen LogP contribution in [-0.2, 0) is 19.2 Å². The highest BCUT2D eigenvalue weighted by Gasteiger charge is 2.29. The number of phenolic OH excluding ortho intramolecular Hbond substituents is 3. The molecule has 3 aliphatic heterocycles. The van der Waals surface area contributed by atoms with Crippen LogP contribution in [0.3, 0.4) is 0 Å². The number of aromatic hydroxyl groups is 3. The monoisotopic (exact) mass is 1160 g/mol. The van der Waals surface area contributed by atoms with E-state index in [1.54, 1.807) is 77.8 Å². The fourth-order valence-corrected chi connectivity index (χ4v) is 15.1. The summed E-state index contributed by atoms with van der Waals surface area (Å²) in [6.45, 7) is 6.33. The summed E-state index contributed by atoms with van der Waals surface area (Å²) in [6.07, 6.45) is 1.09. The van der Waals surface area contributed by atoms with E-state index in [1.165, 1.54) is 27.8 Å². The Kier molecular flexibility index (Phi) is 17.3. The third-order valence-corrected chi connectivity index (χ3v) is 19.2. The molecule has 7 N–H and O–H groups in total. The molecule has 6 heterocycles. The van der Waals surface area contributed by atoms with Crippen molar-refractivity contribution in [3.8, 4) is 17.2 Å². The second-order valence-electron chi connectivity index (χ2n) is 17.8. The predicted octanol–water partition coefficient (Wildman–Crippen LogP) is 10.1. The molecule has 0 fully saturated rings. The minimum Gasteiger partial charge on any atom is -0.511 e. The van der Waals surface area contributed by atoms with Crippen molar-refractivity contribution >= 4 is 171 Å². The van der Waals surface area contributed by atoms with E-state index in [1.807, 2.05) is 66.4 Å². The van der Waals surface area contributed by atoms with Crippen LogP contribution in [0.1, 0.15) is 42.7 Å². The number of aromatic nitrogens is 3. The summed E-state index contributed by atoms with van der Waals surface area (Å²) in [5.74, 6) is 1.47. The molecule has 0 aliphatic carbocycles. The quantitative estimate of drug-likeness (QED) is 0.0562. The van der Waals surface area contributed by atoms with Crippen molar-refractivity contribution in [3.05, 3.63) is 118 Å². The van der Waals surface area contributed by atoms with Gasteiger partial charge in [0.15, 0.2) is 5.78 Å². The number of aliphatic hydroxyl groups excluding tert-OH is 1. The molecule has 3 atom stereocenters. The van der Waals surface area contributed by atoms with Crippen molar-refractivity contribution in [2.75, 3.05) is 36.9 Å². The number of fused-ring (bicyclic) bond motifs is 9. The molecule has 3 amide bonds. The van der Waals surface area contributed by atoms with Gasteiger partial charge in [0.1, 0.15) is 65.2 Å². The van der Waals surface area contributed by atoms with Gasteiger partial charge in [-0.25, -0.2) is 15.0 Å². The first-order chi connectivity index (χ1) is 37.2. The zero-order valence-electron chi connectivity index (χ0n) is 41.1. The van der Waals surface area contributed by atoms with Crippen molar-refractivity contribution in [1.82, 2.24) is 30.9 Å². The van der Waals surface area contributed by atoms with E-state index in [9.17, 15) is 34.5 Å². The normalized spacial score (nSPS) is 16.7. The highest BCUT2D eigenvalue weighted by Crippen LogP contribution is 2.38. The Morgan fingerprint density at radius 1 is 0.551 bits per heavy atom. The van der Waals surface area contributed by atoms with E-state index in [0.717, 1.165) is 90.5 Å². The number of hydrogen-bond acceptors (Lipinski definition) is 20. The number of hydrogen-bond donors (Lipinski definition) is 7. The smallest absolute Gasteiger partial charge is 0.246 e. The predicted molar refractivity (Wildman–Crippen MR) is 323 cm³/mol. The molecule has 0 bridgehead atoms. The van der Waals surface area contributed by atoms with Crippen molar-refractivity contribution < 1.29 is 39.6 Å². The molecular weight excluding hydrogens is 1110 g/mol. The number of carbonyl (C=O) groups excluding carboxylic acids is 4. The van der Waals surface area contributed by atoms with Gasteiger partial charge in [0.2, 0.25) is 17.7 Å². The maximum atomic E-state index is 12.5. The number of carbonyl (C=O) groups is 4. The molecule has 23 heteroatoms. The Labute approximate surface area is 471 Å². The Bertz CT molecular complexity index is 3950. The number of Topliss-reactive ketones (excluding diaryl/α,β-unsaturated/α-hetero) is 1. The summed E-state index contributed by atoms with van der Waals surface area (Å²) >= 11 is 9.59. The number of nitrogens with one attached hydrogen (secondary N) is 3. The maximum absolute atomic E-state index is 12.5. The molecule has 0 spiro atoms. The molecule has 400 valence electrons. The fourth-order valence-electron chi connectivity index (χ4n) is 8.23. The van der Waals surface area contributed by atoms with Gasteiger partial charge >= 0.3 is 0 Å². The summed E-state index contributed by atoms with van der Waals surface area (Å²) < 4.78 is 3.24. The first-order valence-electron chi connectivity index (χ1n) is 24.0. The first kappa shape index (κ1) is 55.6. The fraction of sp³-hybridized carbons (Fsp3) is 0.236. The molecule has 12 rings (SSSR count). The third kappa shape index (κ3) is 12.6. The summed E-state index contributed by atoms with van der Waals surface area (Å²) in [5.41, 5.74) is 2.75. The molecule has 3 aliphatic rings. The molecule has 0 saturated carbocycles. The topological polar surface area (TPSA) is 261 Å². The minimum absolute atomic E-state index is 0. The summed E-state index contributed by atoms with van der Waals surface area (Å²) in [6, 6.07) is 27.3. The molecule has 78 heavy (non-hydrogen) atoms. The number of rotatable bonds is 12. The van der Waals surface area contributed by atoms with Crippen LogP contribution in [0.15, 0.2) is 118 Å². The van der Waals surface area contributed by atoms with Gasteiger partial charge in [0.25, 0.3) is 0 Å². The van der Waals surface area contributed by atoms with Crippen LogP contribution >= 0.6 is 69.3 Å². The van der Waals surface area contributed by atoms with E-state index < -0.39 is 17.9 Å². The number of amides is 3. The number of benzene rings is 6. The van der Waals surface area contributed by atoms with Gasteiger partial charge in [-0.3, -0.25) is 34.2 Å². The zero-order chi connectivity index (χ0) is 53.9. The average Bonchev–Trinajstić information content (AvgIpc) is 4.33. The summed E-state index contributed by atoms with van der Waals surface area (Å²) in [4.78, 5) is 75.1. The maximum Gasteiger partial charge on any atom is 0.246 e. The van der Waals surface area contributed by atoms with E-state index in [-0.39, 0.29) is 62.1 Å². The second kappa shape index (κ2) is 24.3. The lowest BCUT2D eigenvalue weighted by molar-refractivity contribution is -0.127. The van der Waals surface area contributed by atoms with E-state index in [2.05, 4.69) is 49.4 Å². The highest BCUT2D eigenvalue weighted by molar-refractivity contribution is 8.15. The molecule has 6 aromatic carbocycles. The van der Waals surface area contributed by atoms with Crippen molar-refractivity contribution in [3.63, 3.8) is 0 Å². The van der Waals surface area contributed by atoms with E-state index in [0.29, 0.717) is 33.3 Å². The van der Waals surface area contributed by atoms with Crippen LogP contribution in [-0.4, -0.2) is 129 Å². The number of phenols is 3. The zero-order valence-corrected chi connectivity index (χ0v) is 46.0. The van der Waals surface area contributed by atoms with Gasteiger partial charge in [-0.15, -0.1) is 69.3 Å². The van der Waals surface area contributed by atoms with E-state index >= 15 is 0 Å².